The lowest BCUT2D eigenvalue weighted by Crippen LogP contribution is -2.74. The van der Waals surface area contributed by atoms with Crippen molar-refractivity contribution in [2.45, 2.75) is 62.6 Å². The average molecular weight is 759 g/mol. The third kappa shape index (κ3) is 8.55. The molecule has 7 rings (SSSR count). The zero-order valence-electron chi connectivity index (χ0n) is 30.4. The van der Waals surface area contributed by atoms with Crippen LogP contribution in [-0.4, -0.2) is 113 Å². The van der Waals surface area contributed by atoms with Crippen LogP contribution in [0.15, 0.2) is 91.0 Å². The van der Waals surface area contributed by atoms with Gasteiger partial charge in [-0.15, -0.1) is 0 Å². The molecule has 4 atom stereocenters. The first-order valence-electron chi connectivity index (χ1n) is 18.9. The quantitative estimate of drug-likeness (QED) is 0.256. The van der Waals surface area contributed by atoms with Gasteiger partial charge < -0.3 is 19.9 Å². The first-order valence-corrected chi connectivity index (χ1v) is 18.9. The van der Waals surface area contributed by atoms with E-state index in [1.165, 1.54) is 21.9 Å². The summed E-state index contributed by atoms with van der Waals surface area (Å²) in [6.45, 7) is 4.33. The zero-order chi connectivity index (χ0) is 38.5. The molecule has 3 aromatic rings. The van der Waals surface area contributed by atoms with Gasteiger partial charge in [0, 0.05) is 52.2 Å². The molecule has 0 aromatic heterocycles. The van der Waals surface area contributed by atoms with Crippen molar-refractivity contribution in [3.63, 3.8) is 0 Å². The maximum Gasteiger partial charge on any atom is 0.416 e. The van der Waals surface area contributed by atoms with Crippen molar-refractivity contribution in [3.8, 4) is 0 Å². The van der Waals surface area contributed by atoms with Gasteiger partial charge in [0.1, 0.15) is 18.7 Å². The standard InChI is InChI=1S/C41H45F3N6O5/c42-41(43,44)32-15-9-12-30(26-32)27-45-38(52)34(18-19-36(51)46-22-24-48(25-23-46)47-20-7-8-21-47)49-33(17-16-29-10-3-1-4-11-29)37(39(49)53)50-35(28-55-40(50)54)31-13-5-2-6-14-31/h1-6,9-17,26,33-35,37H,7-8,18-25,27-28H2,(H,45,52)/b17-16+/t33-,34+,35-,37+/m1/s1. The number of likely N-dealkylation sites (tertiary alicyclic amines) is 1. The topological polar surface area (TPSA) is 106 Å². The van der Waals surface area contributed by atoms with E-state index in [0.29, 0.717) is 26.2 Å². The van der Waals surface area contributed by atoms with E-state index in [-0.39, 0.29) is 37.5 Å². The Balaban J connectivity index is 1.14. The van der Waals surface area contributed by atoms with Gasteiger partial charge in [-0.1, -0.05) is 84.9 Å². The second-order valence-corrected chi connectivity index (χ2v) is 14.3. The van der Waals surface area contributed by atoms with Crippen LogP contribution in [0.25, 0.3) is 6.08 Å². The third-order valence-corrected chi connectivity index (χ3v) is 10.9. The molecule has 0 radical (unpaired) electrons. The Morgan fingerprint density at radius 1 is 0.855 bits per heavy atom. The number of carbonyl (C=O) groups excluding carboxylic acids is 4. The van der Waals surface area contributed by atoms with Crippen LogP contribution in [0.5, 0.6) is 0 Å². The van der Waals surface area contributed by atoms with Crippen molar-refractivity contribution >= 4 is 29.9 Å². The van der Waals surface area contributed by atoms with Gasteiger partial charge in [-0.2, -0.15) is 13.2 Å². The van der Waals surface area contributed by atoms with Crippen molar-refractivity contribution in [2.75, 3.05) is 45.9 Å². The molecular weight excluding hydrogens is 713 g/mol. The Hall–Kier alpha value is -5.21. The van der Waals surface area contributed by atoms with Crippen LogP contribution in [0, 0.1) is 0 Å². The number of rotatable bonds is 12. The molecular formula is C41H45F3N6O5. The molecule has 0 spiro atoms. The molecule has 4 aliphatic heterocycles. The lowest BCUT2D eigenvalue weighted by molar-refractivity contribution is -0.163. The number of benzene rings is 3. The summed E-state index contributed by atoms with van der Waals surface area (Å²) >= 11 is 0. The minimum atomic E-state index is -4.56. The fourth-order valence-electron chi connectivity index (χ4n) is 8.00. The van der Waals surface area contributed by atoms with Gasteiger partial charge in [-0.3, -0.25) is 19.3 Å². The third-order valence-electron chi connectivity index (χ3n) is 10.9. The molecule has 4 fully saturated rings. The second kappa shape index (κ2) is 16.7. The van der Waals surface area contributed by atoms with Gasteiger partial charge in [0.05, 0.1) is 17.6 Å². The Bertz CT molecular complexity index is 1860. The van der Waals surface area contributed by atoms with E-state index in [0.717, 1.165) is 49.2 Å². The number of piperazine rings is 1. The number of nitrogens with one attached hydrogen (secondary N) is 1. The summed E-state index contributed by atoms with van der Waals surface area (Å²) in [5.74, 6) is -1.25. The van der Waals surface area contributed by atoms with E-state index >= 15 is 0 Å². The van der Waals surface area contributed by atoms with Crippen LogP contribution in [0.4, 0.5) is 18.0 Å². The fraction of sp³-hybridized carbons (Fsp3) is 0.415. The number of cyclic esters (lactones) is 1. The van der Waals surface area contributed by atoms with E-state index in [1.54, 1.807) is 11.0 Å². The Kier molecular flexibility index (Phi) is 11.5. The molecule has 55 heavy (non-hydrogen) atoms. The molecule has 0 unspecified atom stereocenters. The summed E-state index contributed by atoms with van der Waals surface area (Å²) in [5.41, 5.74) is 1.01. The van der Waals surface area contributed by atoms with Crippen LogP contribution in [0.3, 0.4) is 0 Å². The molecule has 3 aromatic carbocycles. The van der Waals surface area contributed by atoms with Crippen molar-refractivity contribution in [1.29, 1.82) is 0 Å². The van der Waals surface area contributed by atoms with Gasteiger partial charge in [0.2, 0.25) is 17.7 Å². The minimum Gasteiger partial charge on any atom is -0.447 e. The smallest absolute Gasteiger partial charge is 0.416 e. The zero-order valence-corrected chi connectivity index (χ0v) is 30.4. The van der Waals surface area contributed by atoms with Crippen molar-refractivity contribution in [2.24, 2.45) is 0 Å². The van der Waals surface area contributed by atoms with Crippen molar-refractivity contribution in [3.05, 3.63) is 113 Å². The number of hydrogen-bond donors (Lipinski definition) is 1. The van der Waals surface area contributed by atoms with Crippen molar-refractivity contribution < 1.29 is 37.1 Å². The number of nitrogens with zero attached hydrogens (tertiary/aromatic N) is 5. The summed E-state index contributed by atoms with van der Waals surface area (Å²) in [6.07, 6.45) is 0.626. The SMILES string of the molecule is O=C(NCc1cccc(C(F)(F)F)c1)[C@H](CCC(=O)N1CCN(N2CCCC2)CC1)N1C(=O)[C@@H](N2C(=O)OC[C@@H]2c2ccccc2)[C@H]1/C=C/c1ccccc1. The number of hydrogen-bond acceptors (Lipinski definition) is 7. The summed E-state index contributed by atoms with van der Waals surface area (Å²) in [7, 11) is 0. The highest BCUT2D eigenvalue weighted by Crippen LogP contribution is 2.39. The summed E-state index contributed by atoms with van der Waals surface area (Å²) < 4.78 is 45.9. The van der Waals surface area contributed by atoms with Crippen LogP contribution in [0.2, 0.25) is 0 Å². The average Bonchev–Trinajstić information content (AvgIpc) is 3.88. The van der Waals surface area contributed by atoms with Crippen molar-refractivity contribution in [1.82, 2.24) is 30.0 Å². The predicted octanol–water partition coefficient (Wildman–Crippen LogP) is 5.11. The molecule has 4 amide bonds. The van der Waals surface area contributed by atoms with Gasteiger partial charge in [-0.05, 0) is 48.1 Å². The Morgan fingerprint density at radius 3 is 2.22 bits per heavy atom. The first kappa shape index (κ1) is 38.1. The maximum absolute atomic E-state index is 14.4. The van der Waals surface area contributed by atoms with Crippen LogP contribution in [-0.2, 0) is 31.8 Å². The lowest BCUT2D eigenvalue weighted by atomic mass is 9.87. The summed E-state index contributed by atoms with van der Waals surface area (Å²) in [5, 5.41) is 7.36. The van der Waals surface area contributed by atoms with Gasteiger partial charge in [0.15, 0.2) is 0 Å². The number of alkyl halides is 3. The molecule has 11 nitrogen and oxygen atoms in total. The number of hydrazine groups is 1. The molecule has 0 bridgehead atoms. The van der Waals surface area contributed by atoms with Gasteiger partial charge in [-0.25, -0.2) is 14.8 Å². The Labute approximate surface area is 318 Å². The van der Waals surface area contributed by atoms with E-state index in [9.17, 15) is 32.3 Å². The molecule has 1 N–H and O–H groups in total. The predicted molar refractivity (Wildman–Crippen MR) is 198 cm³/mol. The molecule has 0 aliphatic carbocycles. The molecule has 4 aliphatic rings. The van der Waals surface area contributed by atoms with E-state index in [4.69, 9.17) is 4.74 Å². The lowest BCUT2D eigenvalue weighted by Gasteiger charge is -2.52. The van der Waals surface area contributed by atoms with Gasteiger partial charge in [0.25, 0.3) is 0 Å². The highest BCUT2D eigenvalue weighted by Gasteiger charge is 2.58. The normalized spacial score (nSPS) is 22.9. The minimum absolute atomic E-state index is 0.0275. The van der Waals surface area contributed by atoms with E-state index in [2.05, 4.69) is 15.3 Å². The number of carbonyl (C=O) groups is 4. The monoisotopic (exact) mass is 758 g/mol. The maximum atomic E-state index is 14.4. The number of amides is 4. The molecule has 4 heterocycles. The first-order chi connectivity index (χ1) is 26.6. The van der Waals surface area contributed by atoms with Gasteiger partial charge >= 0.3 is 12.3 Å². The highest BCUT2D eigenvalue weighted by molar-refractivity contribution is 5.98. The second-order valence-electron chi connectivity index (χ2n) is 14.3. The van der Waals surface area contributed by atoms with Crippen LogP contribution >= 0.6 is 0 Å². The van der Waals surface area contributed by atoms with Crippen LogP contribution in [0.1, 0.15) is 54.0 Å². The Morgan fingerprint density at radius 2 is 1.53 bits per heavy atom. The number of halogens is 3. The van der Waals surface area contributed by atoms with Crippen LogP contribution < -0.4 is 5.32 Å². The number of β-lactam (4-membered cyclic amide) rings is 1. The summed E-state index contributed by atoms with van der Waals surface area (Å²) in [6, 6.07) is 19.8. The van der Waals surface area contributed by atoms with E-state index in [1.807, 2.05) is 66.7 Å². The largest absolute Gasteiger partial charge is 0.447 e. The van der Waals surface area contributed by atoms with E-state index < -0.39 is 53.8 Å². The summed E-state index contributed by atoms with van der Waals surface area (Å²) in [4.78, 5) is 60.1. The molecule has 290 valence electrons. The molecule has 4 saturated heterocycles. The number of ether oxygens (including phenoxy) is 1. The fourth-order valence-corrected chi connectivity index (χ4v) is 8.00. The molecule has 0 saturated carbocycles. The highest BCUT2D eigenvalue weighted by atomic mass is 19.4. The molecule has 14 heteroatoms.